The average molecular weight is 466 g/mol. The fourth-order valence-electron chi connectivity index (χ4n) is 5.32. The maximum absolute atomic E-state index is 9.86. The highest BCUT2D eigenvalue weighted by molar-refractivity contribution is 7.09. The lowest BCUT2D eigenvalue weighted by Gasteiger charge is -2.27. The van der Waals surface area contributed by atoms with Crippen LogP contribution in [0, 0.1) is 17.2 Å². The Morgan fingerprint density at radius 3 is 2.62 bits per heavy atom. The Morgan fingerprint density at radius 2 is 1.79 bits per heavy atom. The molecule has 0 spiro atoms. The van der Waals surface area contributed by atoms with E-state index in [1.807, 2.05) is 17.8 Å². The minimum absolute atomic E-state index is 0.733. The number of thiazole rings is 1. The van der Waals surface area contributed by atoms with Crippen molar-refractivity contribution in [3.05, 3.63) is 88.4 Å². The molecule has 0 amide bonds. The molecule has 1 heterocycles. The lowest BCUT2D eigenvalue weighted by molar-refractivity contribution is 0.219. The topological polar surface area (TPSA) is 39.9 Å². The van der Waals surface area contributed by atoms with E-state index in [0.29, 0.717) is 0 Å². The Labute approximate surface area is 206 Å². The van der Waals surface area contributed by atoms with Crippen molar-refractivity contribution >= 4 is 22.1 Å². The van der Waals surface area contributed by atoms with Gasteiger partial charge in [0.2, 0.25) is 0 Å². The van der Waals surface area contributed by atoms with E-state index in [0.717, 1.165) is 42.2 Å². The summed E-state index contributed by atoms with van der Waals surface area (Å²) in [6.07, 6.45) is 10.2. The van der Waals surface area contributed by atoms with Gasteiger partial charge in [0.05, 0.1) is 17.1 Å². The van der Waals surface area contributed by atoms with Crippen molar-refractivity contribution in [2.45, 2.75) is 51.6 Å². The molecular weight excluding hydrogens is 434 g/mol. The molecule has 1 fully saturated rings. The third-order valence-corrected chi connectivity index (χ3v) is 7.90. The predicted molar refractivity (Wildman–Crippen MR) is 142 cm³/mol. The molecule has 0 bridgehead atoms. The van der Waals surface area contributed by atoms with Crippen LogP contribution in [0.25, 0.3) is 21.9 Å². The van der Waals surface area contributed by atoms with Crippen LogP contribution in [0.4, 0.5) is 0 Å². The van der Waals surface area contributed by atoms with Crippen LogP contribution in [0.3, 0.4) is 0 Å². The Morgan fingerprint density at radius 1 is 0.941 bits per heavy atom. The summed E-state index contributed by atoms with van der Waals surface area (Å²) in [5, 5.41) is 12.3. The summed E-state index contributed by atoms with van der Waals surface area (Å²) < 4.78 is 0. The van der Waals surface area contributed by atoms with Crippen LogP contribution in [0.5, 0.6) is 0 Å². The van der Waals surface area contributed by atoms with E-state index in [2.05, 4.69) is 70.6 Å². The van der Waals surface area contributed by atoms with Gasteiger partial charge >= 0.3 is 0 Å². The van der Waals surface area contributed by atoms with Gasteiger partial charge in [-0.2, -0.15) is 5.26 Å². The molecule has 1 aliphatic carbocycles. The molecule has 0 N–H and O–H groups in total. The molecule has 0 aliphatic heterocycles. The van der Waals surface area contributed by atoms with Crippen molar-refractivity contribution in [1.82, 2.24) is 9.88 Å². The smallest absolute Gasteiger partial charge is 0.0998 e. The summed E-state index contributed by atoms with van der Waals surface area (Å²) in [7, 11) is 0. The summed E-state index contributed by atoms with van der Waals surface area (Å²) >= 11 is 1.73. The molecule has 0 atom stereocenters. The van der Waals surface area contributed by atoms with Gasteiger partial charge in [-0.15, -0.1) is 11.3 Å². The van der Waals surface area contributed by atoms with Gasteiger partial charge in [0.15, 0.2) is 0 Å². The molecular formula is C30H31N3S. The number of rotatable bonds is 8. The van der Waals surface area contributed by atoms with E-state index in [1.54, 1.807) is 11.3 Å². The molecule has 4 heteroatoms. The monoisotopic (exact) mass is 465 g/mol. The van der Waals surface area contributed by atoms with Crippen molar-refractivity contribution < 1.29 is 0 Å². The first-order valence-corrected chi connectivity index (χ1v) is 13.3. The number of benzene rings is 3. The van der Waals surface area contributed by atoms with E-state index < -0.39 is 0 Å². The first kappa shape index (κ1) is 22.8. The Hall–Kier alpha value is -3.00. The van der Waals surface area contributed by atoms with Gasteiger partial charge in [-0.1, -0.05) is 80.6 Å². The highest BCUT2D eigenvalue weighted by Gasteiger charge is 2.17. The molecule has 3 nitrogen and oxygen atoms in total. The third kappa shape index (κ3) is 5.38. The van der Waals surface area contributed by atoms with Gasteiger partial charge < -0.3 is 0 Å². The molecule has 5 rings (SSSR count). The number of nitrogens with zero attached hydrogens (tertiary/aromatic N) is 3. The first-order chi connectivity index (χ1) is 16.8. The van der Waals surface area contributed by atoms with Gasteiger partial charge in [-0.05, 0) is 52.9 Å². The maximum Gasteiger partial charge on any atom is 0.0998 e. The zero-order valence-corrected chi connectivity index (χ0v) is 20.4. The molecule has 1 saturated carbocycles. The Balaban J connectivity index is 1.42. The van der Waals surface area contributed by atoms with Gasteiger partial charge in [-0.3, -0.25) is 9.88 Å². The highest BCUT2D eigenvalue weighted by atomic mass is 32.1. The van der Waals surface area contributed by atoms with Crippen LogP contribution >= 0.6 is 11.3 Å². The van der Waals surface area contributed by atoms with Crippen LogP contribution in [0.2, 0.25) is 0 Å². The number of hydrogen-bond acceptors (Lipinski definition) is 4. The largest absolute Gasteiger partial charge is 0.294 e. The van der Waals surface area contributed by atoms with Crippen molar-refractivity contribution in [3.8, 4) is 17.2 Å². The molecule has 172 valence electrons. The van der Waals surface area contributed by atoms with E-state index in [1.165, 1.54) is 59.7 Å². The second kappa shape index (κ2) is 11.0. The van der Waals surface area contributed by atoms with Crippen molar-refractivity contribution in [2.75, 3.05) is 6.54 Å². The predicted octanol–water partition coefficient (Wildman–Crippen LogP) is 7.81. The van der Waals surface area contributed by atoms with Crippen molar-refractivity contribution in [2.24, 2.45) is 5.92 Å². The fourth-order valence-corrected chi connectivity index (χ4v) is 5.96. The minimum Gasteiger partial charge on any atom is -0.294 e. The molecule has 1 aromatic heterocycles. The van der Waals surface area contributed by atoms with E-state index in [4.69, 9.17) is 0 Å². The van der Waals surface area contributed by atoms with E-state index in [-0.39, 0.29) is 0 Å². The molecule has 0 radical (unpaired) electrons. The fraction of sp³-hybridized carbons (Fsp3) is 0.333. The van der Waals surface area contributed by atoms with Crippen LogP contribution in [0.15, 0.2) is 72.4 Å². The summed E-state index contributed by atoms with van der Waals surface area (Å²) in [6, 6.07) is 23.6. The summed E-state index contributed by atoms with van der Waals surface area (Å²) in [5.41, 5.74) is 6.08. The summed E-state index contributed by atoms with van der Waals surface area (Å²) in [5.74, 6) is 0.866. The SMILES string of the molecule is N#Cc1ccc(CN(CCC2CCCCC2)Cc2cncs2)cc1-c1cccc2ccccc12. The molecule has 4 aromatic rings. The first-order valence-electron chi connectivity index (χ1n) is 12.4. The van der Waals surface area contributed by atoms with Crippen LogP contribution in [-0.4, -0.2) is 16.4 Å². The van der Waals surface area contributed by atoms with Crippen LogP contribution in [0.1, 0.15) is 54.5 Å². The van der Waals surface area contributed by atoms with Crippen LogP contribution in [-0.2, 0) is 13.1 Å². The van der Waals surface area contributed by atoms with Crippen LogP contribution < -0.4 is 0 Å². The second-order valence-electron chi connectivity index (χ2n) is 9.49. The lowest BCUT2D eigenvalue weighted by Crippen LogP contribution is -2.26. The Kier molecular flexibility index (Phi) is 7.34. The van der Waals surface area contributed by atoms with E-state index >= 15 is 0 Å². The quantitative estimate of drug-likeness (QED) is 0.266. The molecule has 3 aromatic carbocycles. The number of fused-ring (bicyclic) bond motifs is 1. The zero-order chi connectivity index (χ0) is 23.2. The summed E-state index contributed by atoms with van der Waals surface area (Å²) in [6.45, 7) is 2.92. The van der Waals surface area contributed by atoms with Gasteiger partial charge in [0, 0.05) is 29.7 Å². The second-order valence-corrected chi connectivity index (χ2v) is 10.5. The lowest BCUT2D eigenvalue weighted by atomic mass is 9.87. The van der Waals surface area contributed by atoms with Crippen molar-refractivity contribution in [3.63, 3.8) is 0 Å². The number of aromatic nitrogens is 1. The Bertz CT molecular complexity index is 1260. The average Bonchev–Trinajstić information content (AvgIpc) is 3.40. The number of hydrogen-bond donors (Lipinski definition) is 0. The van der Waals surface area contributed by atoms with Gasteiger partial charge in [-0.25, -0.2) is 0 Å². The minimum atomic E-state index is 0.733. The third-order valence-electron chi connectivity index (χ3n) is 7.13. The molecule has 0 saturated heterocycles. The summed E-state index contributed by atoms with van der Waals surface area (Å²) in [4.78, 5) is 8.17. The molecule has 0 unspecified atom stereocenters. The zero-order valence-electron chi connectivity index (χ0n) is 19.6. The maximum atomic E-state index is 9.86. The number of nitriles is 1. The standard InChI is InChI=1S/C30H31N3S/c31-18-26-14-13-24(17-30(26)29-12-6-10-25-9-4-5-11-28(25)29)20-33(21-27-19-32-22-34-27)16-15-23-7-2-1-3-8-23/h4-6,9-14,17,19,22-23H,1-3,7-8,15-16,20-21H2. The van der Waals surface area contributed by atoms with Gasteiger partial charge in [0.25, 0.3) is 0 Å². The highest BCUT2D eigenvalue weighted by Crippen LogP contribution is 2.32. The van der Waals surface area contributed by atoms with Crippen molar-refractivity contribution in [1.29, 1.82) is 5.26 Å². The normalized spacial score (nSPS) is 14.5. The van der Waals surface area contributed by atoms with Gasteiger partial charge in [0.1, 0.15) is 0 Å². The molecule has 1 aliphatic rings. The van der Waals surface area contributed by atoms with E-state index in [9.17, 15) is 5.26 Å². The molecule has 34 heavy (non-hydrogen) atoms.